The van der Waals surface area contributed by atoms with Crippen molar-refractivity contribution in [2.75, 3.05) is 13.7 Å². The van der Waals surface area contributed by atoms with E-state index in [9.17, 15) is 20.1 Å². The molecule has 32 heavy (non-hydrogen) atoms. The zero-order valence-electron chi connectivity index (χ0n) is 20.4. The van der Waals surface area contributed by atoms with Gasteiger partial charge in [0, 0.05) is 13.5 Å². The second-order valence-corrected chi connectivity index (χ2v) is 9.10. The van der Waals surface area contributed by atoms with Gasteiger partial charge >= 0.3 is 5.97 Å². The third-order valence-electron chi connectivity index (χ3n) is 6.31. The highest BCUT2D eigenvalue weighted by Gasteiger charge is 2.46. The van der Waals surface area contributed by atoms with Gasteiger partial charge in [-0.1, -0.05) is 96.8 Å². The number of methoxy groups -OCH3 is 1. The first-order valence-corrected chi connectivity index (χ1v) is 12.9. The molecule has 190 valence electrons. The molecule has 0 saturated carbocycles. The molecule has 1 saturated heterocycles. The Bertz CT molecular complexity index is 458. The monoisotopic (exact) mass is 460 g/mol. The van der Waals surface area contributed by atoms with Gasteiger partial charge in [-0.3, -0.25) is 4.79 Å². The molecular formula is C25H48O7. The van der Waals surface area contributed by atoms with Crippen LogP contribution in [0.4, 0.5) is 0 Å². The Hall–Kier alpha value is -0.730. The summed E-state index contributed by atoms with van der Waals surface area (Å²) in [5.41, 5.74) is 0. The van der Waals surface area contributed by atoms with E-state index in [0.717, 1.165) is 19.3 Å². The van der Waals surface area contributed by atoms with E-state index >= 15 is 0 Å². The van der Waals surface area contributed by atoms with E-state index in [-0.39, 0.29) is 6.42 Å². The number of rotatable bonds is 19. The topological polar surface area (TPSA) is 105 Å². The molecule has 1 aliphatic rings. The summed E-state index contributed by atoms with van der Waals surface area (Å²) in [6, 6.07) is 0. The molecule has 5 atom stereocenters. The molecule has 1 fully saturated rings. The van der Waals surface area contributed by atoms with Crippen molar-refractivity contribution in [1.29, 1.82) is 0 Å². The largest absolute Gasteiger partial charge is 0.454 e. The molecule has 0 aromatic rings. The van der Waals surface area contributed by atoms with Crippen molar-refractivity contribution in [3.05, 3.63) is 0 Å². The van der Waals surface area contributed by atoms with Crippen molar-refractivity contribution in [2.24, 2.45) is 0 Å². The molecule has 7 nitrogen and oxygen atoms in total. The molecule has 0 amide bonds. The SMILES string of the molecule is CCCCCCCCCCCCCCCCCC(=O)O[C@H]1C(OC)O[C@H](CO)[C@@H](O)[C@@H]1O. The predicted molar refractivity (Wildman–Crippen MR) is 124 cm³/mol. The highest BCUT2D eigenvalue weighted by molar-refractivity contribution is 5.69. The van der Waals surface area contributed by atoms with Crippen LogP contribution in [0.15, 0.2) is 0 Å². The van der Waals surface area contributed by atoms with Crippen molar-refractivity contribution >= 4 is 5.97 Å². The third kappa shape index (κ3) is 11.9. The van der Waals surface area contributed by atoms with E-state index in [1.807, 2.05) is 0 Å². The van der Waals surface area contributed by atoms with Crippen LogP contribution >= 0.6 is 0 Å². The summed E-state index contributed by atoms with van der Waals surface area (Å²) in [6.07, 6.45) is 13.3. The van der Waals surface area contributed by atoms with Crippen LogP contribution in [0.3, 0.4) is 0 Å². The lowest BCUT2D eigenvalue weighted by Gasteiger charge is -2.40. The average molecular weight is 461 g/mol. The summed E-state index contributed by atoms with van der Waals surface area (Å²) >= 11 is 0. The van der Waals surface area contributed by atoms with Crippen molar-refractivity contribution < 1.29 is 34.3 Å². The van der Waals surface area contributed by atoms with Crippen LogP contribution in [0.1, 0.15) is 110 Å². The van der Waals surface area contributed by atoms with Crippen LogP contribution in [0, 0.1) is 0 Å². The van der Waals surface area contributed by atoms with E-state index in [0.29, 0.717) is 0 Å². The van der Waals surface area contributed by atoms with Crippen molar-refractivity contribution in [1.82, 2.24) is 0 Å². The lowest BCUT2D eigenvalue weighted by atomic mass is 9.99. The van der Waals surface area contributed by atoms with Crippen LogP contribution in [-0.4, -0.2) is 65.7 Å². The van der Waals surface area contributed by atoms with Crippen LogP contribution in [0.5, 0.6) is 0 Å². The van der Waals surface area contributed by atoms with Gasteiger partial charge in [-0.2, -0.15) is 0 Å². The number of ether oxygens (including phenoxy) is 3. The van der Waals surface area contributed by atoms with E-state index in [1.165, 1.54) is 84.2 Å². The summed E-state index contributed by atoms with van der Waals surface area (Å²) in [6.45, 7) is 1.80. The maximum Gasteiger partial charge on any atom is 0.306 e. The minimum Gasteiger partial charge on any atom is -0.454 e. The number of hydrogen-bond acceptors (Lipinski definition) is 7. The summed E-state index contributed by atoms with van der Waals surface area (Å²) in [7, 11) is 1.36. The lowest BCUT2D eigenvalue weighted by molar-refractivity contribution is -0.298. The number of aliphatic hydroxyl groups excluding tert-OH is 3. The van der Waals surface area contributed by atoms with Crippen LogP contribution in [0.2, 0.25) is 0 Å². The van der Waals surface area contributed by atoms with Crippen LogP contribution in [0.25, 0.3) is 0 Å². The molecule has 0 bridgehead atoms. The minimum absolute atomic E-state index is 0.261. The van der Waals surface area contributed by atoms with Gasteiger partial charge in [0.15, 0.2) is 12.4 Å². The second kappa shape index (κ2) is 18.7. The summed E-state index contributed by atoms with van der Waals surface area (Å²) in [5.74, 6) is -0.441. The quantitative estimate of drug-likeness (QED) is 0.195. The molecule has 3 N–H and O–H groups in total. The number of carbonyl (C=O) groups is 1. The van der Waals surface area contributed by atoms with Gasteiger partial charge in [-0.15, -0.1) is 0 Å². The molecular weight excluding hydrogens is 412 g/mol. The number of esters is 1. The molecule has 0 aliphatic carbocycles. The molecule has 1 rings (SSSR count). The normalized spacial score (nSPS) is 25.7. The Morgan fingerprint density at radius 1 is 0.781 bits per heavy atom. The first-order valence-electron chi connectivity index (χ1n) is 12.9. The standard InChI is InChI=1S/C25H48O7/c1-3-4-5-6-7-8-9-10-11-12-13-14-15-16-17-18-21(27)32-24-23(29)22(28)20(19-26)31-25(24)30-2/h20,22-26,28-29H,3-19H2,1-2H3/t20-,22-,23+,24-,25?/m1/s1. The van der Waals surface area contributed by atoms with E-state index in [2.05, 4.69) is 6.92 Å². The van der Waals surface area contributed by atoms with Gasteiger partial charge in [-0.05, 0) is 6.42 Å². The molecule has 7 heteroatoms. The minimum atomic E-state index is -1.36. The molecule has 1 heterocycles. The second-order valence-electron chi connectivity index (χ2n) is 9.10. The summed E-state index contributed by atoms with van der Waals surface area (Å²) < 4.78 is 15.8. The Kier molecular flexibility index (Phi) is 17.1. The molecule has 0 radical (unpaired) electrons. The first kappa shape index (κ1) is 29.3. The highest BCUT2D eigenvalue weighted by atomic mass is 16.7. The lowest BCUT2D eigenvalue weighted by Crippen LogP contribution is -2.60. The molecule has 0 aromatic heterocycles. The Balaban J connectivity index is 2.00. The Labute approximate surface area is 194 Å². The van der Waals surface area contributed by atoms with Crippen LogP contribution < -0.4 is 0 Å². The number of hydrogen-bond donors (Lipinski definition) is 3. The fourth-order valence-corrected chi connectivity index (χ4v) is 4.22. The third-order valence-corrected chi connectivity index (χ3v) is 6.31. The maximum absolute atomic E-state index is 12.1. The predicted octanol–water partition coefficient (Wildman–Crippen LogP) is 4.25. The molecule has 0 aromatic carbocycles. The fourth-order valence-electron chi connectivity index (χ4n) is 4.22. The fraction of sp³-hybridized carbons (Fsp3) is 0.960. The number of aliphatic hydroxyl groups is 3. The smallest absolute Gasteiger partial charge is 0.306 e. The molecule has 1 aliphatic heterocycles. The molecule has 0 spiro atoms. The van der Waals surface area contributed by atoms with Gasteiger partial charge in [0.1, 0.15) is 18.3 Å². The van der Waals surface area contributed by atoms with Gasteiger partial charge in [0.05, 0.1) is 6.61 Å². The van der Waals surface area contributed by atoms with Crippen molar-refractivity contribution in [2.45, 2.75) is 140 Å². The summed E-state index contributed by atoms with van der Waals surface area (Å²) in [4.78, 5) is 12.1. The Morgan fingerprint density at radius 3 is 1.69 bits per heavy atom. The average Bonchev–Trinajstić information content (AvgIpc) is 2.79. The van der Waals surface area contributed by atoms with Gasteiger partial charge in [0.25, 0.3) is 0 Å². The maximum atomic E-state index is 12.1. The van der Waals surface area contributed by atoms with Crippen molar-refractivity contribution in [3.8, 4) is 0 Å². The molecule has 1 unspecified atom stereocenters. The summed E-state index contributed by atoms with van der Waals surface area (Å²) in [5, 5.41) is 29.4. The number of carbonyl (C=O) groups excluding carboxylic acids is 1. The van der Waals surface area contributed by atoms with Gasteiger partial charge in [0.2, 0.25) is 0 Å². The highest BCUT2D eigenvalue weighted by Crippen LogP contribution is 2.24. The van der Waals surface area contributed by atoms with Gasteiger partial charge in [-0.25, -0.2) is 0 Å². The zero-order valence-corrected chi connectivity index (χ0v) is 20.4. The van der Waals surface area contributed by atoms with Gasteiger partial charge < -0.3 is 29.5 Å². The Morgan fingerprint density at radius 2 is 1.25 bits per heavy atom. The number of unbranched alkanes of at least 4 members (excludes halogenated alkanes) is 14. The zero-order chi connectivity index (χ0) is 23.6. The van der Waals surface area contributed by atoms with E-state index in [1.54, 1.807) is 0 Å². The first-order chi connectivity index (χ1) is 15.5. The van der Waals surface area contributed by atoms with E-state index < -0.39 is 43.3 Å². The van der Waals surface area contributed by atoms with Crippen LogP contribution in [-0.2, 0) is 19.0 Å². The van der Waals surface area contributed by atoms with Crippen molar-refractivity contribution in [3.63, 3.8) is 0 Å². The van der Waals surface area contributed by atoms with E-state index in [4.69, 9.17) is 14.2 Å².